The van der Waals surface area contributed by atoms with E-state index in [1.807, 2.05) is 54.6 Å². The average molecular weight is 332 g/mol. The van der Waals surface area contributed by atoms with Crippen LogP contribution in [0.5, 0.6) is 0 Å². The van der Waals surface area contributed by atoms with Crippen LogP contribution in [0.1, 0.15) is 11.3 Å². The first-order chi connectivity index (χ1) is 12.3. The zero-order chi connectivity index (χ0) is 17.5. The molecule has 0 bridgehead atoms. The fraction of sp³-hybridized carbons (Fsp3) is 0.0952. The van der Waals surface area contributed by atoms with E-state index < -0.39 is 0 Å². The Morgan fingerprint density at radius 3 is 2.64 bits per heavy atom. The predicted octanol–water partition coefficient (Wildman–Crippen LogP) is 4.03. The van der Waals surface area contributed by atoms with Crippen LogP contribution in [0.15, 0.2) is 78.6 Å². The Morgan fingerprint density at radius 2 is 1.88 bits per heavy atom. The number of fused-ring (bicyclic) bond motifs is 1. The van der Waals surface area contributed by atoms with Gasteiger partial charge in [-0.25, -0.2) is 0 Å². The summed E-state index contributed by atoms with van der Waals surface area (Å²) in [5.74, 6) is 0.0240. The van der Waals surface area contributed by atoms with Crippen LogP contribution >= 0.6 is 0 Å². The van der Waals surface area contributed by atoms with E-state index in [1.54, 1.807) is 12.2 Å². The van der Waals surface area contributed by atoms with Crippen molar-refractivity contribution < 1.29 is 9.53 Å². The summed E-state index contributed by atoms with van der Waals surface area (Å²) in [7, 11) is 1.49. The molecule has 2 N–H and O–H groups in total. The van der Waals surface area contributed by atoms with Crippen LogP contribution < -0.4 is 5.32 Å². The number of aromatic amines is 1. The molecule has 0 aliphatic heterocycles. The highest BCUT2D eigenvalue weighted by Gasteiger charge is 2.08. The van der Waals surface area contributed by atoms with Crippen molar-refractivity contribution in [1.29, 1.82) is 0 Å². The number of hydrogen-bond acceptors (Lipinski definition) is 2. The molecule has 126 valence electrons. The van der Waals surface area contributed by atoms with Gasteiger partial charge in [-0.15, -0.1) is 0 Å². The Balaban J connectivity index is 1.64. The standard InChI is InChI=1S/C21H20N2O2/c1-25-20(21(24)22-15-16-8-3-2-4-9-16)13-7-11-18-14-17-10-5-6-12-19(17)23-18/h2-14,23H,15H2,1H3,(H,22,24)/b11-7+,20-13-. The van der Waals surface area contributed by atoms with Crippen LogP contribution in [0, 0.1) is 0 Å². The number of carbonyl (C=O) groups excluding carboxylic acids is 1. The molecule has 0 fully saturated rings. The Morgan fingerprint density at radius 1 is 1.12 bits per heavy atom. The minimum absolute atomic E-state index is 0.243. The van der Waals surface area contributed by atoms with Crippen molar-refractivity contribution in [1.82, 2.24) is 10.3 Å². The Bertz CT molecular complexity index is 875. The second-order valence-corrected chi connectivity index (χ2v) is 5.57. The number of rotatable bonds is 6. The zero-order valence-electron chi connectivity index (χ0n) is 14.0. The van der Waals surface area contributed by atoms with E-state index in [-0.39, 0.29) is 11.7 Å². The molecule has 1 amide bonds. The number of hydrogen-bond donors (Lipinski definition) is 2. The van der Waals surface area contributed by atoms with Gasteiger partial charge >= 0.3 is 0 Å². The summed E-state index contributed by atoms with van der Waals surface area (Å²) in [5.41, 5.74) is 3.09. The molecule has 0 radical (unpaired) electrons. The molecule has 3 rings (SSSR count). The second kappa shape index (κ2) is 8.02. The molecule has 0 atom stereocenters. The number of carbonyl (C=O) groups is 1. The number of nitrogens with one attached hydrogen (secondary N) is 2. The predicted molar refractivity (Wildman–Crippen MR) is 101 cm³/mol. The van der Waals surface area contributed by atoms with Crippen molar-refractivity contribution >= 4 is 22.9 Å². The summed E-state index contributed by atoms with van der Waals surface area (Å²) in [6, 6.07) is 19.9. The van der Waals surface area contributed by atoms with E-state index in [4.69, 9.17) is 4.74 Å². The summed E-state index contributed by atoms with van der Waals surface area (Å²) in [4.78, 5) is 15.5. The summed E-state index contributed by atoms with van der Waals surface area (Å²) >= 11 is 0. The van der Waals surface area contributed by atoms with Gasteiger partial charge in [-0.1, -0.05) is 54.6 Å². The lowest BCUT2D eigenvalue weighted by molar-refractivity contribution is -0.120. The summed E-state index contributed by atoms with van der Waals surface area (Å²) in [6.07, 6.45) is 5.36. The second-order valence-electron chi connectivity index (χ2n) is 5.57. The van der Waals surface area contributed by atoms with Crippen molar-refractivity contribution in [2.24, 2.45) is 0 Å². The first-order valence-corrected chi connectivity index (χ1v) is 8.08. The lowest BCUT2D eigenvalue weighted by Crippen LogP contribution is -2.25. The highest BCUT2D eigenvalue weighted by Crippen LogP contribution is 2.15. The van der Waals surface area contributed by atoms with Gasteiger partial charge < -0.3 is 15.0 Å². The molecule has 2 aromatic carbocycles. The van der Waals surface area contributed by atoms with E-state index in [0.29, 0.717) is 6.54 Å². The van der Waals surface area contributed by atoms with E-state index in [9.17, 15) is 4.79 Å². The molecule has 0 saturated heterocycles. The van der Waals surface area contributed by atoms with Crippen LogP contribution in [0.3, 0.4) is 0 Å². The van der Waals surface area contributed by atoms with E-state index in [2.05, 4.69) is 22.4 Å². The van der Waals surface area contributed by atoms with Crippen molar-refractivity contribution in [3.05, 3.63) is 89.8 Å². The van der Waals surface area contributed by atoms with E-state index in [1.165, 1.54) is 7.11 Å². The number of methoxy groups -OCH3 is 1. The largest absolute Gasteiger partial charge is 0.491 e. The Hall–Kier alpha value is -3.27. The number of ether oxygens (including phenoxy) is 1. The maximum absolute atomic E-state index is 12.2. The Labute approximate surface area is 146 Å². The minimum atomic E-state index is -0.243. The third-order valence-electron chi connectivity index (χ3n) is 3.81. The van der Waals surface area contributed by atoms with Gasteiger partial charge in [0.2, 0.25) is 0 Å². The fourth-order valence-corrected chi connectivity index (χ4v) is 2.53. The third-order valence-corrected chi connectivity index (χ3v) is 3.81. The molecule has 1 heterocycles. The summed E-state index contributed by atoms with van der Waals surface area (Å²) < 4.78 is 5.19. The number of benzene rings is 2. The SMILES string of the molecule is CO/C(=C\C=C\c1cc2ccccc2[nH]1)C(=O)NCc1ccccc1. The summed E-state index contributed by atoms with van der Waals surface area (Å²) in [6.45, 7) is 0.464. The zero-order valence-corrected chi connectivity index (χ0v) is 14.0. The highest BCUT2D eigenvalue weighted by molar-refractivity contribution is 5.91. The maximum atomic E-state index is 12.2. The molecule has 0 saturated carbocycles. The number of H-pyrrole nitrogens is 1. The van der Waals surface area contributed by atoms with Gasteiger partial charge in [0, 0.05) is 17.8 Å². The lowest BCUT2D eigenvalue weighted by Gasteiger charge is -2.07. The van der Waals surface area contributed by atoms with E-state index in [0.717, 1.165) is 22.2 Å². The third kappa shape index (κ3) is 4.38. The van der Waals surface area contributed by atoms with Gasteiger partial charge in [0.15, 0.2) is 5.76 Å². The minimum Gasteiger partial charge on any atom is -0.491 e. The number of amides is 1. The van der Waals surface area contributed by atoms with Crippen molar-refractivity contribution in [2.45, 2.75) is 6.54 Å². The fourth-order valence-electron chi connectivity index (χ4n) is 2.53. The lowest BCUT2D eigenvalue weighted by atomic mass is 10.2. The molecule has 4 heteroatoms. The molecule has 0 aliphatic rings. The van der Waals surface area contributed by atoms with Gasteiger partial charge in [0.05, 0.1) is 7.11 Å². The topological polar surface area (TPSA) is 54.1 Å². The van der Waals surface area contributed by atoms with Crippen molar-refractivity contribution in [3.63, 3.8) is 0 Å². The van der Waals surface area contributed by atoms with Gasteiger partial charge in [-0.3, -0.25) is 4.79 Å². The molecule has 25 heavy (non-hydrogen) atoms. The highest BCUT2D eigenvalue weighted by atomic mass is 16.5. The molecule has 4 nitrogen and oxygen atoms in total. The van der Waals surface area contributed by atoms with E-state index >= 15 is 0 Å². The van der Waals surface area contributed by atoms with Crippen LogP contribution in [-0.2, 0) is 16.1 Å². The quantitative estimate of drug-likeness (QED) is 0.407. The van der Waals surface area contributed by atoms with Crippen molar-refractivity contribution in [3.8, 4) is 0 Å². The normalized spacial score (nSPS) is 11.8. The van der Waals surface area contributed by atoms with Crippen molar-refractivity contribution in [2.75, 3.05) is 7.11 Å². The van der Waals surface area contributed by atoms with Crippen LogP contribution in [0.25, 0.3) is 17.0 Å². The first kappa shape index (κ1) is 16.6. The molecule has 0 unspecified atom stereocenters. The number of para-hydroxylation sites is 1. The molecule has 0 aliphatic carbocycles. The average Bonchev–Trinajstić information content (AvgIpc) is 3.07. The van der Waals surface area contributed by atoms with Gasteiger partial charge in [-0.05, 0) is 35.2 Å². The molecular weight excluding hydrogens is 312 g/mol. The summed E-state index contributed by atoms with van der Waals surface area (Å²) in [5, 5.41) is 4.00. The molecule has 1 aromatic heterocycles. The first-order valence-electron chi connectivity index (χ1n) is 8.08. The Kier molecular flexibility index (Phi) is 5.32. The smallest absolute Gasteiger partial charge is 0.286 e. The van der Waals surface area contributed by atoms with Crippen LogP contribution in [0.4, 0.5) is 0 Å². The number of aromatic nitrogens is 1. The monoisotopic (exact) mass is 332 g/mol. The molecule has 3 aromatic rings. The number of allylic oxidation sites excluding steroid dienone is 2. The molecule has 0 spiro atoms. The van der Waals surface area contributed by atoms with Gasteiger partial charge in [-0.2, -0.15) is 0 Å². The van der Waals surface area contributed by atoms with Gasteiger partial charge in [0.1, 0.15) is 0 Å². The molecular formula is C21H20N2O2. The van der Waals surface area contributed by atoms with Crippen LogP contribution in [0.2, 0.25) is 0 Å². The van der Waals surface area contributed by atoms with Crippen LogP contribution in [-0.4, -0.2) is 18.0 Å². The van der Waals surface area contributed by atoms with Gasteiger partial charge in [0.25, 0.3) is 5.91 Å². The maximum Gasteiger partial charge on any atom is 0.286 e.